The minimum Gasteiger partial charge on any atom is -0.449 e. The minimum absolute atomic E-state index is 0.0132. The van der Waals surface area contributed by atoms with Gasteiger partial charge in [-0.25, -0.2) is 9.78 Å². The van der Waals surface area contributed by atoms with Crippen molar-refractivity contribution in [2.75, 3.05) is 19.7 Å². The average Bonchev–Trinajstić information content (AvgIpc) is 2.45. The molecule has 1 amide bonds. The van der Waals surface area contributed by atoms with Gasteiger partial charge >= 0.3 is 6.09 Å². The van der Waals surface area contributed by atoms with E-state index in [-0.39, 0.29) is 18.2 Å². The van der Waals surface area contributed by atoms with Crippen molar-refractivity contribution in [3.63, 3.8) is 0 Å². The molecular weight excluding hydrogens is 370 g/mol. The summed E-state index contributed by atoms with van der Waals surface area (Å²) in [5.41, 5.74) is 1.00. The van der Waals surface area contributed by atoms with Crippen molar-refractivity contribution >= 4 is 33.6 Å². The summed E-state index contributed by atoms with van der Waals surface area (Å²) in [7, 11) is 0. The Morgan fingerprint density at radius 3 is 3.00 bits per heavy atom. The number of rotatable bonds is 4. The number of hydrogen-bond acceptors (Lipinski definition) is 4. The molecule has 2 atom stereocenters. The average molecular weight is 391 g/mol. The molecule has 0 spiro atoms. The number of nitrogens with one attached hydrogen (secondary N) is 1. The van der Waals surface area contributed by atoms with Gasteiger partial charge in [-0.15, -0.1) is 0 Å². The highest BCUT2D eigenvalue weighted by Gasteiger charge is 2.29. The predicted octanol–water partition coefficient (Wildman–Crippen LogP) is 3.77. The lowest BCUT2D eigenvalue weighted by molar-refractivity contribution is 0.0817. The molecule has 1 saturated heterocycles. The van der Waals surface area contributed by atoms with Crippen LogP contribution < -0.4 is 5.32 Å². The maximum Gasteiger partial charge on any atom is 0.409 e. The van der Waals surface area contributed by atoms with Crippen LogP contribution in [0.25, 0.3) is 0 Å². The maximum absolute atomic E-state index is 12.2. The first kappa shape index (κ1) is 17.5. The van der Waals surface area contributed by atoms with Gasteiger partial charge in [-0.2, -0.15) is 0 Å². The Morgan fingerprint density at radius 2 is 2.32 bits per heavy atom. The number of halogens is 2. The second kappa shape index (κ2) is 8.13. The van der Waals surface area contributed by atoms with E-state index in [0.29, 0.717) is 29.5 Å². The summed E-state index contributed by atoms with van der Waals surface area (Å²) in [5, 5.41) is 3.91. The van der Waals surface area contributed by atoms with Crippen LogP contribution in [0.15, 0.2) is 16.7 Å². The Kier molecular flexibility index (Phi) is 6.47. The molecule has 1 aromatic heterocycles. The largest absolute Gasteiger partial charge is 0.449 e. The highest BCUT2D eigenvalue weighted by atomic mass is 79.9. The van der Waals surface area contributed by atoms with Crippen molar-refractivity contribution in [3.05, 3.63) is 27.5 Å². The third-order valence-corrected chi connectivity index (χ3v) is 4.15. The van der Waals surface area contributed by atoms with Crippen molar-refractivity contribution in [1.82, 2.24) is 15.2 Å². The molecule has 122 valence electrons. The van der Waals surface area contributed by atoms with Crippen LogP contribution in [0.2, 0.25) is 5.15 Å². The molecule has 1 aliphatic heterocycles. The maximum atomic E-state index is 12.2. The van der Waals surface area contributed by atoms with Crippen LogP contribution in [0.3, 0.4) is 0 Å². The van der Waals surface area contributed by atoms with Crippen LogP contribution >= 0.6 is 27.5 Å². The van der Waals surface area contributed by atoms with Gasteiger partial charge < -0.3 is 15.0 Å². The third kappa shape index (κ3) is 4.83. The number of ether oxygens (including phenoxy) is 1. The number of carbonyl (C=O) groups is 1. The molecule has 1 aliphatic rings. The van der Waals surface area contributed by atoms with Gasteiger partial charge in [0, 0.05) is 19.1 Å². The zero-order valence-corrected chi connectivity index (χ0v) is 15.2. The van der Waals surface area contributed by atoms with Crippen molar-refractivity contribution in [3.8, 4) is 0 Å². The van der Waals surface area contributed by atoms with E-state index in [0.717, 1.165) is 18.4 Å². The zero-order chi connectivity index (χ0) is 16.1. The van der Waals surface area contributed by atoms with Gasteiger partial charge in [0.2, 0.25) is 0 Å². The lowest BCUT2D eigenvalue weighted by Crippen LogP contribution is -2.53. The van der Waals surface area contributed by atoms with Gasteiger partial charge in [-0.3, -0.25) is 0 Å². The van der Waals surface area contributed by atoms with Crippen LogP contribution in [0, 0.1) is 0 Å². The third-order valence-electron chi connectivity index (χ3n) is 3.55. The molecule has 5 nitrogen and oxygen atoms in total. The quantitative estimate of drug-likeness (QED) is 0.628. The molecule has 7 heteroatoms. The minimum atomic E-state index is -0.244. The van der Waals surface area contributed by atoms with Crippen LogP contribution in [-0.4, -0.2) is 41.7 Å². The zero-order valence-electron chi connectivity index (χ0n) is 12.8. The van der Waals surface area contributed by atoms with Crippen LogP contribution in [0.1, 0.15) is 38.3 Å². The Balaban J connectivity index is 2.05. The van der Waals surface area contributed by atoms with Gasteiger partial charge in [0.15, 0.2) is 0 Å². The first-order valence-electron chi connectivity index (χ1n) is 7.50. The number of piperazine rings is 1. The molecule has 0 saturated carbocycles. The van der Waals surface area contributed by atoms with Crippen LogP contribution in [-0.2, 0) is 4.74 Å². The fourth-order valence-corrected chi connectivity index (χ4v) is 3.28. The molecule has 0 radical (unpaired) electrons. The summed E-state index contributed by atoms with van der Waals surface area (Å²) in [6.07, 6.45) is 1.66. The van der Waals surface area contributed by atoms with Gasteiger partial charge in [-0.05, 0) is 47.0 Å². The van der Waals surface area contributed by atoms with E-state index in [1.165, 1.54) is 0 Å². The molecule has 0 bridgehead atoms. The second-order valence-electron chi connectivity index (χ2n) is 5.54. The number of pyridine rings is 1. The molecule has 1 fully saturated rings. The first-order valence-corrected chi connectivity index (χ1v) is 8.67. The highest BCUT2D eigenvalue weighted by Crippen LogP contribution is 2.24. The van der Waals surface area contributed by atoms with Gasteiger partial charge in [0.1, 0.15) is 9.76 Å². The summed E-state index contributed by atoms with van der Waals surface area (Å²) in [5.74, 6) is 0. The standard InChI is InChI=1S/C15H21BrClN3O2/c1-3-4-5-22-15(21)20-8-10(2)18-12(9-20)11-6-13(16)19-14(17)7-11/h6-7,10,12,18H,3-5,8-9H2,1-2H3/t10-,12-/m1/s1. The fraction of sp³-hybridized carbons (Fsp3) is 0.600. The monoisotopic (exact) mass is 389 g/mol. The van der Waals surface area contributed by atoms with Crippen LogP contribution in [0.5, 0.6) is 0 Å². The van der Waals surface area contributed by atoms with E-state index >= 15 is 0 Å². The summed E-state index contributed by atoms with van der Waals surface area (Å²) in [6.45, 7) is 5.80. The van der Waals surface area contributed by atoms with E-state index in [9.17, 15) is 4.79 Å². The van der Waals surface area contributed by atoms with Gasteiger partial charge in [0.25, 0.3) is 0 Å². The molecule has 0 aliphatic carbocycles. The number of amides is 1. The van der Waals surface area contributed by atoms with E-state index in [4.69, 9.17) is 16.3 Å². The summed E-state index contributed by atoms with van der Waals surface area (Å²) in [4.78, 5) is 18.0. The number of carbonyl (C=O) groups excluding carboxylic acids is 1. The molecule has 22 heavy (non-hydrogen) atoms. The first-order chi connectivity index (χ1) is 10.5. The second-order valence-corrected chi connectivity index (χ2v) is 6.74. The number of nitrogens with zero attached hydrogens (tertiary/aromatic N) is 2. The lowest BCUT2D eigenvalue weighted by Gasteiger charge is -2.37. The highest BCUT2D eigenvalue weighted by molar-refractivity contribution is 9.10. The summed E-state index contributed by atoms with van der Waals surface area (Å²) < 4.78 is 6.00. The fourth-order valence-electron chi connectivity index (χ4n) is 2.50. The molecule has 0 aromatic carbocycles. The molecule has 1 N–H and O–H groups in total. The Labute approximate surface area is 144 Å². The van der Waals surface area contributed by atoms with E-state index in [2.05, 4.69) is 40.1 Å². The van der Waals surface area contributed by atoms with E-state index in [1.807, 2.05) is 12.1 Å². The van der Waals surface area contributed by atoms with Crippen molar-refractivity contribution < 1.29 is 9.53 Å². The van der Waals surface area contributed by atoms with E-state index < -0.39 is 0 Å². The molecular formula is C15H21BrClN3O2. The van der Waals surface area contributed by atoms with Crippen LogP contribution in [0.4, 0.5) is 4.79 Å². The number of unbranched alkanes of at least 4 members (excludes halogenated alkanes) is 1. The van der Waals surface area contributed by atoms with Gasteiger partial charge in [0.05, 0.1) is 12.6 Å². The van der Waals surface area contributed by atoms with E-state index in [1.54, 1.807) is 4.90 Å². The molecule has 0 unspecified atom stereocenters. The predicted molar refractivity (Wildman–Crippen MR) is 90.1 cm³/mol. The summed E-state index contributed by atoms with van der Waals surface area (Å²) >= 11 is 9.37. The topological polar surface area (TPSA) is 54.5 Å². The normalized spacial score (nSPS) is 21.7. The lowest BCUT2D eigenvalue weighted by atomic mass is 10.0. The van der Waals surface area contributed by atoms with Crippen molar-refractivity contribution in [1.29, 1.82) is 0 Å². The molecule has 2 rings (SSSR count). The molecule has 1 aromatic rings. The van der Waals surface area contributed by atoms with Crippen molar-refractivity contribution in [2.24, 2.45) is 0 Å². The Bertz CT molecular complexity index is 509. The smallest absolute Gasteiger partial charge is 0.409 e. The van der Waals surface area contributed by atoms with Gasteiger partial charge in [-0.1, -0.05) is 24.9 Å². The SMILES string of the molecule is CCCCOC(=O)N1C[C@@H](C)N[C@@H](c2cc(Cl)nc(Br)c2)C1. The Morgan fingerprint density at radius 1 is 1.55 bits per heavy atom. The Hall–Kier alpha value is -0.850. The molecule has 2 heterocycles. The number of hydrogen-bond donors (Lipinski definition) is 1. The van der Waals surface area contributed by atoms with Crippen molar-refractivity contribution in [2.45, 2.75) is 38.8 Å². The summed E-state index contributed by atoms with van der Waals surface area (Å²) in [6, 6.07) is 3.94. The number of aromatic nitrogens is 1.